The number of ether oxygens (including phenoxy) is 1. The molecule has 1 spiro atoms. The number of nitrogens with one attached hydrogen (secondary N) is 3. The molecule has 0 radical (unpaired) electrons. The molecule has 0 saturated carbocycles. The third-order valence-corrected chi connectivity index (χ3v) is 9.06. The van der Waals surface area contributed by atoms with Crippen LogP contribution in [0.3, 0.4) is 0 Å². The Morgan fingerprint density at radius 1 is 1.28 bits per heavy atom. The van der Waals surface area contributed by atoms with Gasteiger partial charge in [0, 0.05) is 17.8 Å². The van der Waals surface area contributed by atoms with Gasteiger partial charge in [-0.2, -0.15) is 0 Å². The molecule has 2 saturated heterocycles. The van der Waals surface area contributed by atoms with Crippen molar-refractivity contribution in [1.29, 1.82) is 5.41 Å². The molecule has 2 fully saturated rings. The molecule has 2 atom stereocenters. The Labute approximate surface area is 204 Å². The molecule has 1 unspecified atom stereocenters. The van der Waals surface area contributed by atoms with Crippen LogP contribution in [0.4, 0.5) is 23.2 Å². The Morgan fingerprint density at radius 3 is 2.56 bits per heavy atom. The third-order valence-electron chi connectivity index (χ3n) is 6.37. The summed E-state index contributed by atoms with van der Waals surface area (Å²) in [6.45, 7) is 2.14. The summed E-state index contributed by atoms with van der Waals surface area (Å²) in [4.78, 5) is 18.0. The minimum Gasteiger partial charge on any atom is -0.404 e. The number of amidine groups is 1. The van der Waals surface area contributed by atoms with E-state index in [9.17, 15) is 30.8 Å². The minimum atomic E-state index is -4.91. The zero-order chi connectivity index (χ0) is 26.5. The fraction of sp³-hybridized carbons (Fsp3) is 0.409. The largest absolute Gasteiger partial charge is 0.573 e. The van der Waals surface area contributed by atoms with E-state index in [-0.39, 0.29) is 35.7 Å². The van der Waals surface area contributed by atoms with E-state index in [0.29, 0.717) is 6.54 Å². The fourth-order valence-electron chi connectivity index (χ4n) is 4.60. The van der Waals surface area contributed by atoms with Crippen LogP contribution in [0, 0.1) is 11.2 Å². The molecular formula is C22H23F4N5O4S. The second-order valence-electron chi connectivity index (χ2n) is 9.15. The first-order valence-corrected chi connectivity index (χ1v) is 12.4. The number of halogens is 4. The van der Waals surface area contributed by atoms with Crippen LogP contribution in [-0.4, -0.2) is 67.0 Å². The lowest BCUT2D eigenvalue weighted by molar-refractivity contribution is -0.274. The number of aromatic nitrogens is 1. The normalized spacial score (nSPS) is 26.0. The SMILES string of the molecule is CN1CCC2(C1)C(=N)N[C@](C)(c1cc(NC(=O)c3ccc(OC(F)(F)F)cn3)ccc1F)CS2(=O)=O. The highest BCUT2D eigenvalue weighted by atomic mass is 32.2. The third kappa shape index (κ3) is 4.74. The van der Waals surface area contributed by atoms with Gasteiger partial charge in [0.25, 0.3) is 5.91 Å². The van der Waals surface area contributed by atoms with E-state index >= 15 is 0 Å². The lowest BCUT2D eigenvalue weighted by Gasteiger charge is -2.44. The molecule has 9 nitrogen and oxygen atoms in total. The second-order valence-corrected chi connectivity index (χ2v) is 11.4. The number of amides is 1. The van der Waals surface area contributed by atoms with E-state index in [0.717, 1.165) is 24.4 Å². The van der Waals surface area contributed by atoms with Crippen LogP contribution < -0.4 is 15.4 Å². The highest BCUT2D eigenvalue weighted by molar-refractivity contribution is 7.93. The van der Waals surface area contributed by atoms with Crippen molar-refractivity contribution in [3.8, 4) is 5.75 Å². The molecule has 1 aromatic heterocycles. The van der Waals surface area contributed by atoms with Gasteiger partial charge in [0.05, 0.1) is 17.5 Å². The topological polar surface area (TPSA) is 124 Å². The standard InChI is InChI=1S/C22H23F4N5O4S/c1-20(12-36(33,34)21(19(27)30-20)7-8-31(2)11-21)15-9-13(3-5-16(15)23)29-18(32)17-6-4-14(10-28-17)35-22(24,25)26/h3-6,9-10H,7-8,11-12H2,1-2H3,(H2,27,30)(H,29,32)/t20-,21?/m0/s1. The number of carbonyl (C=O) groups is 1. The molecule has 1 aromatic carbocycles. The Morgan fingerprint density at radius 2 is 2.00 bits per heavy atom. The summed E-state index contributed by atoms with van der Waals surface area (Å²) < 4.78 is 80.8. The van der Waals surface area contributed by atoms with Gasteiger partial charge < -0.3 is 20.3 Å². The average molecular weight is 530 g/mol. The van der Waals surface area contributed by atoms with Gasteiger partial charge >= 0.3 is 6.36 Å². The Kier molecular flexibility index (Phi) is 6.23. The van der Waals surface area contributed by atoms with Gasteiger partial charge in [-0.3, -0.25) is 10.2 Å². The molecule has 0 bridgehead atoms. The molecule has 2 aromatic rings. The summed E-state index contributed by atoms with van der Waals surface area (Å²) in [7, 11) is -2.09. The van der Waals surface area contributed by atoms with Gasteiger partial charge in [0.15, 0.2) is 9.84 Å². The first kappa shape index (κ1) is 25.8. The number of hydrogen-bond acceptors (Lipinski definition) is 7. The predicted molar refractivity (Wildman–Crippen MR) is 122 cm³/mol. The van der Waals surface area contributed by atoms with Crippen LogP contribution in [-0.2, 0) is 15.4 Å². The van der Waals surface area contributed by atoms with E-state index in [2.05, 4.69) is 20.4 Å². The van der Waals surface area contributed by atoms with Crippen molar-refractivity contribution in [2.24, 2.45) is 0 Å². The number of benzene rings is 1. The van der Waals surface area contributed by atoms with Crippen molar-refractivity contribution in [3.05, 3.63) is 53.6 Å². The molecule has 2 aliphatic heterocycles. The summed E-state index contributed by atoms with van der Waals surface area (Å²) in [5.74, 6) is -2.81. The predicted octanol–water partition coefficient (Wildman–Crippen LogP) is 2.66. The van der Waals surface area contributed by atoms with Crippen LogP contribution in [0.1, 0.15) is 29.4 Å². The summed E-state index contributed by atoms with van der Waals surface area (Å²) in [5.41, 5.74) is -1.69. The fourth-order valence-corrected chi connectivity index (χ4v) is 7.04. The minimum absolute atomic E-state index is 0.0725. The number of hydrogen-bond donors (Lipinski definition) is 3. The highest BCUT2D eigenvalue weighted by Crippen LogP contribution is 2.40. The van der Waals surface area contributed by atoms with E-state index < -0.39 is 49.7 Å². The van der Waals surface area contributed by atoms with Crippen molar-refractivity contribution in [3.63, 3.8) is 0 Å². The Balaban J connectivity index is 1.57. The molecule has 2 aliphatic rings. The maximum Gasteiger partial charge on any atom is 0.573 e. The summed E-state index contributed by atoms with van der Waals surface area (Å²) in [6.07, 6.45) is -3.92. The highest BCUT2D eigenvalue weighted by Gasteiger charge is 2.58. The number of carbonyl (C=O) groups excluding carboxylic acids is 1. The van der Waals surface area contributed by atoms with Gasteiger partial charge in [-0.15, -0.1) is 13.2 Å². The molecular weight excluding hydrogens is 506 g/mol. The maximum atomic E-state index is 14.9. The van der Waals surface area contributed by atoms with Crippen molar-refractivity contribution >= 4 is 27.3 Å². The summed E-state index contributed by atoms with van der Waals surface area (Å²) in [6, 6.07) is 5.50. The van der Waals surface area contributed by atoms with Gasteiger partial charge in [-0.1, -0.05) is 0 Å². The number of pyridine rings is 1. The number of likely N-dealkylation sites (tertiary alicyclic amines) is 1. The maximum absolute atomic E-state index is 14.9. The first-order chi connectivity index (χ1) is 16.6. The first-order valence-electron chi connectivity index (χ1n) is 10.8. The Bertz CT molecular complexity index is 1320. The van der Waals surface area contributed by atoms with Crippen LogP contribution >= 0.6 is 0 Å². The van der Waals surface area contributed by atoms with Gasteiger partial charge in [0.1, 0.15) is 27.8 Å². The summed E-state index contributed by atoms with van der Waals surface area (Å²) in [5, 5.41) is 13.9. The van der Waals surface area contributed by atoms with E-state index in [4.69, 9.17) is 5.41 Å². The van der Waals surface area contributed by atoms with Gasteiger partial charge in [0.2, 0.25) is 0 Å². The zero-order valence-corrected chi connectivity index (χ0v) is 20.1. The molecule has 3 N–H and O–H groups in total. The average Bonchev–Trinajstić information content (AvgIpc) is 3.16. The van der Waals surface area contributed by atoms with Crippen LogP contribution in [0.25, 0.3) is 0 Å². The van der Waals surface area contributed by atoms with Gasteiger partial charge in [-0.05, 0) is 57.3 Å². The monoisotopic (exact) mass is 529 g/mol. The number of anilines is 1. The number of alkyl halides is 3. The van der Waals surface area contributed by atoms with Crippen LogP contribution in [0.15, 0.2) is 36.5 Å². The molecule has 1 amide bonds. The molecule has 0 aliphatic carbocycles. The van der Waals surface area contributed by atoms with Crippen molar-refractivity contribution in [1.82, 2.24) is 15.2 Å². The van der Waals surface area contributed by atoms with Crippen LogP contribution in [0.2, 0.25) is 0 Å². The lowest BCUT2D eigenvalue weighted by Crippen LogP contribution is -2.67. The number of nitrogens with zero attached hydrogens (tertiary/aromatic N) is 2. The molecule has 3 heterocycles. The smallest absolute Gasteiger partial charge is 0.404 e. The zero-order valence-electron chi connectivity index (χ0n) is 19.2. The van der Waals surface area contributed by atoms with E-state index in [1.54, 1.807) is 7.05 Å². The quantitative estimate of drug-likeness (QED) is 0.520. The Hall–Kier alpha value is -3.26. The van der Waals surface area contributed by atoms with E-state index in [1.165, 1.54) is 19.1 Å². The number of sulfone groups is 1. The second kappa shape index (κ2) is 8.69. The molecule has 194 valence electrons. The van der Waals surface area contributed by atoms with Crippen molar-refractivity contribution in [2.75, 3.05) is 31.2 Å². The van der Waals surface area contributed by atoms with Crippen LogP contribution in [0.5, 0.6) is 5.75 Å². The summed E-state index contributed by atoms with van der Waals surface area (Å²) >= 11 is 0. The molecule has 14 heteroatoms. The van der Waals surface area contributed by atoms with Crippen molar-refractivity contribution < 1.29 is 35.5 Å². The molecule has 36 heavy (non-hydrogen) atoms. The lowest BCUT2D eigenvalue weighted by atomic mass is 9.90. The number of rotatable bonds is 4. The van der Waals surface area contributed by atoms with E-state index in [1.807, 2.05) is 4.90 Å². The molecule has 4 rings (SSSR count). The van der Waals surface area contributed by atoms with Gasteiger partial charge in [-0.25, -0.2) is 17.8 Å². The van der Waals surface area contributed by atoms with Crippen molar-refractivity contribution in [2.45, 2.75) is 30.0 Å².